The fourth-order valence-electron chi connectivity index (χ4n) is 1.88. The summed E-state index contributed by atoms with van der Waals surface area (Å²) in [5.74, 6) is 0.396. The Kier molecular flexibility index (Phi) is 4.25. The second-order valence-corrected chi connectivity index (χ2v) is 3.64. The lowest BCUT2D eigenvalue weighted by Crippen LogP contribution is -2.13. The highest BCUT2D eigenvalue weighted by Crippen LogP contribution is 2.29. The van der Waals surface area contributed by atoms with Crippen LogP contribution >= 0.6 is 0 Å². The Morgan fingerprint density at radius 1 is 1.00 bits per heavy atom. The summed E-state index contributed by atoms with van der Waals surface area (Å²) in [5, 5.41) is 27.4. The van der Waals surface area contributed by atoms with Crippen molar-refractivity contribution in [2.24, 2.45) is 5.92 Å². The van der Waals surface area contributed by atoms with Crippen LogP contribution in [0, 0.1) is 5.92 Å². The van der Waals surface area contributed by atoms with Crippen molar-refractivity contribution in [3.63, 3.8) is 0 Å². The number of aliphatic hydroxyl groups excluding tert-OH is 3. The van der Waals surface area contributed by atoms with Gasteiger partial charge >= 0.3 is 0 Å². The molecule has 0 heterocycles. The van der Waals surface area contributed by atoms with Crippen LogP contribution in [0.2, 0.25) is 0 Å². The number of rotatable bonds is 3. The van der Waals surface area contributed by atoms with E-state index in [1.165, 1.54) is 6.42 Å². The molecule has 0 saturated heterocycles. The fourth-order valence-corrected chi connectivity index (χ4v) is 1.88. The molecule has 0 bridgehead atoms. The van der Waals surface area contributed by atoms with Gasteiger partial charge in [0.1, 0.15) is 0 Å². The zero-order valence-corrected chi connectivity index (χ0v) is 7.87. The molecule has 13 heavy (non-hydrogen) atoms. The molecule has 76 valence electrons. The van der Waals surface area contributed by atoms with Gasteiger partial charge in [0.25, 0.3) is 0 Å². The van der Waals surface area contributed by atoms with E-state index >= 15 is 0 Å². The summed E-state index contributed by atoms with van der Waals surface area (Å²) in [6.45, 7) is -0.475. The predicted octanol–water partition coefficient (Wildman–Crippen LogP) is 1.36. The van der Waals surface area contributed by atoms with Gasteiger partial charge in [-0.15, -0.1) is 0 Å². The minimum absolute atomic E-state index is 0.169. The molecular formula is C10H18O3. The van der Waals surface area contributed by atoms with Gasteiger partial charge < -0.3 is 15.3 Å². The third kappa shape index (κ3) is 2.71. The van der Waals surface area contributed by atoms with Crippen molar-refractivity contribution in [2.45, 2.75) is 32.1 Å². The van der Waals surface area contributed by atoms with Crippen molar-refractivity contribution < 1.29 is 15.3 Å². The molecule has 0 aliphatic heterocycles. The number of allylic oxidation sites excluding steroid dienone is 1. The highest BCUT2D eigenvalue weighted by molar-refractivity contribution is 5.11. The second-order valence-electron chi connectivity index (χ2n) is 3.64. The van der Waals surface area contributed by atoms with Crippen LogP contribution in [0.15, 0.2) is 11.3 Å². The minimum atomic E-state index is -0.237. The lowest BCUT2D eigenvalue weighted by molar-refractivity contribution is 0.228. The SMILES string of the molecule is OCC(CO)=C(O)C1CCCCC1. The average molecular weight is 186 g/mol. The first-order chi connectivity index (χ1) is 6.29. The molecule has 0 spiro atoms. The van der Waals surface area contributed by atoms with Crippen LogP contribution in [0.25, 0.3) is 0 Å². The highest BCUT2D eigenvalue weighted by atomic mass is 16.3. The summed E-state index contributed by atoms with van der Waals surface area (Å²) in [6, 6.07) is 0. The third-order valence-electron chi connectivity index (χ3n) is 2.74. The molecule has 1 fully saturated rings. The molecule has 0 aromatic rings. The van der Waals surface area contributed by atoms with Crippen LogP contribution in [0.5, 0.6) is 0 Å². The van der Waals surface area contributed by atoms with Crippen molar-refractivity contribution in [1.29, 1.82) is 0 Å². The molecule has 0 aromatic carbocycles. The minimum Gasteiger partial charge on any atom is -0.512 e. The van der Waals surface area contributed by atoms with Crippen LogP contribution in [0.4, 0.5) is 0 Å². The van der Waals surface area contributed by atoms with E-state index in [1.54, 1.807) is 0 Å². The van der Waals surface area contributed by atoms with E-state index in [2.05, 4.69) is 0 Å². The Balaban J connectivity index is 2.61. The number of hydrogen-bond donors (Lipinski definition) is 3. The molecule has 1 aliphatic carbocycles. The van der Waals surface area contributed by atoms with Gasteiger partial charge in [0.2, 0.25) is 0 Å². The third-order valence-corrected chi connectivity index (χ3v) is 2.74. The Morgan fingerprint density at radius 3 is 2.00 bits per heavy atom. The summed E-state index contributed by atoms with van der Waals surface area (Å²) in [4.78, 5) is 0. The molecule has 0 unspecified atom stereocenters. The second kappa shape index (κ2) is 5.25. The van der Waals surface area contributed by atoms with Gasteiger partial charge in [-0.25, -0.2) is 0 Å². The van der Waals surface area contributed by atoms with E-state index in [1.807, 2.05) is 0 Å². The molecule has 0 radical (unpaired) electrons. The monoisotopic (exact) mass is 186 g/mol. The molecule has 0 aromatic heterocycles. The number of aliphatic hydroxyl groups is 3. The van der Waals surface area contributed by atoms with Gasteiger partial charge in [-0.1, -0.05) is 19.3 Å². The average Bonchev–Trinajstić information content (AvgIpc) is 2.21. The van der Waals surface area contributed by atoms with Gasteiger partial charge in [-0.3, -0.25) is 0 Å². The quantitative estimate of drug-likeness (QED) is 0.583. The maximum absolute atomic E-state index is 9.69. The van der Waals surface area contributed by atoms with Crippen LogP contribution < -0.4 is 0 Å². The summed E-state index contributed by atoms with van der Waals surface area (Å²) >= 11 is 0. The van der Waals surface area contributed by atoms with Gasteiger partial charge in [0.15, 0.2) is 0 Å². The zero-order chi connectivity index (χ0) is 9.68. The first-order valence-electron chi connectivity index (χ1n) is 4.92. The van der Waals surface area contributed by atoms with Crippen molar-refractivity contribution in [3.8, 4) is 0 Å². The van der Waals surface area contributed by atoms with E-state index in [-0.39, 0.29) is 24.9 Å². The summed E-state index contributed by atoms with van der Waals surface area (Å²) in [6.07, 6.45) is 5.47. The van der Waals surface area contributed by atoms with E-state index in [0.29, 0.717) is 5.57 Å². The molecule has 0 atom stereocenters. The summed E-state index contributed by atoms with van der Waals surface area (Å²) in [7, 11) is 0. The van der Waals surface area contributed by atoms with Crippen molar-refractivity contribution in [1.82, 2.24) is 0 Å². The molecule has 1 rings (SSSR count). The van der Waals surface area contributed by atoms with Gasteiger partial charge in [-0.05, 0) is 12.8 Å². The maximum Gasteiger partial charge on any atom is 0.0991 e. The van der Waals surface area contributed by atoms with Crippen molar-refractivity contribution in [2.75, 3.05) is 13.2 Å². The van der Waals surface area contributed by atoms with Crippen LogP contribution in [-0.4, -0.2) is 28.5 Å². The molecular weight excluding hydrogens is 168 g/mol. The smallest absolute Gasteiger partial charge is 0.0991 e. The Bertz CT molecular complexity index is 175. The predicted molar refractivity (Wildman–Crippen MR) is 50.4 cm³/mol. The number of hydrogen-bond acceptors (Lipinski definition) is 3. The lowest BCUT2D eigenvalue weighted by atomic mass is 9.86. The topological polar surface area (TPSA) is 60.7 Å². The zero-order valence-electron chi connectivity index (χ0n) is 7.87. The molecule has 3 N–H and O–H groups in total. The largest absolute Gasteiger partial charge is 0.512 e. The Labute approximate surface area is 78.7 Å². The van der Waals surface area contributed by atoms with Crippen LogP contribution in [-0.2, 0) is 0 Å². The highest BCUT2D eigenvalue weighted by Gasteiger charge is 2.19. The molecule has 3 nitrogen and oxygen atoms in total. The van der Waals surface area contributed by atoms with Crippen molar-refractivity contribution in [3.05, 3.63) is 11.3 Å². The van der Waals surface area contributed by atoms with Gasteiger partial charge in [0.05, 0.1) is 19.0 Å². The first-order valence-corrected chi connectivity index (χ1v) is 4.92. The van der Waals surface area contributed by atoms with Gasteiger partial charge in [0, 0.05) is 11.5 Å². The van der Waals surface area contributed by atoms with E-state index in [9.17, 15) is 5.11 Å². The maximum atomic E-state index is 9.69. The normalized spacial score (nSPS) is 18.6. The fraction of sp³-hybridized carbons (Fsp3) is 0.800. The van der Waals surface area contributed by atoms with E-state index in [0.717, 1.165) is 25.7 Å². The van der Waals surface area contributed by atoms with Gasteiger partial charge in [-0.2, -0.15) is 0 Å². The molecule has 3 heteroatoms. The molecule has 0 amide bonds. The lowest BCUT2D eigenvalue weighted by Gasteiger charge is -2.22. The van der Waals surface area contributed by atoms with E-state index in [4.69, 9.17) is 10.2 Å². The first kappa shape index (κ1) is 10.5. The standard InChI is InChI=1S/C10H18O3/c11-6-9(7-12)10(13)8-4-2-1-3-5-8/h8,11-13H,1-7H2. The molecule has 1 saturated carbocycles. The molecule has 1 aliphatic rings. The van der Waals surface area contributed by atoms with Crippen LogP contribution in [0.3, 0.4) is 0 Å². The Morgan fingerprint density at radius 2 is 1.54 bits per heavy atom. The van der Waals surface area contributed by atoms with E-state index < -0.39 is 0 Å². The van der Waals surface area contributed by atoms with Crippen molar-refractivity contribution >= 4 is 0 Å². The Hall–Kier alpha value is -0.540. The summed E-state index contributed by atoms with van der Waals surface area (Å²) in [5.41, 5.74) is 0.381. The van der Waals surface area contributed by atoms with Crippen LogP contribution in [0.1, 0.15) is 32.1 Å². The summed E-state index contributed by atoms with van der Waals surface area (Å²) < 4.78 is 0.